The molecule has 3 nitrogen and oxygen atoms in total. The van der Waals surface area contributed by atoms with Crippen LogP contribution < -0.4 is 10.1 Å². The largest absolute Gasteiger partial charge is 0.347 e. The Hall–Kier alpha value is -1.72. The number of aryl methyl sites for hydroxylation is 1. The summed E-state index contributed by atoms with van der Waals surface area (Å²) < 4.78 is 4.21. The van der Waals surface area contributed by atoms with Gasteiger partial charge >= 0.3 is 5.56 Å². The molecule has 0 N–H and O–H groups in total. The van der Waals surface area contributed by atoms with Gasteiger partial charge in [0.15, 0.2) is 0 Å². The molecule has 1 fully saturated rings. The van der Waals surface area contributed by atoms with Crippen LogP contribution in [0.4, 0.5) is 0 Å². The van der Waals surface area contributed by atoms with E-state index in [0.717, 1.165) is 23.5 Å². The van der Waals surface area contributed by atoms with Crippen LogP contribution in [-0.2, 0) is 6.54 Å². The van der Waals surface area contributed by atoms with Gasteiger partial charge in [-0.3, -0.25) is 0 Å². The van der Waals surface area contributed by atoms with E-state index in [0.29, 0.717) is 5.25 Å². The van der Waals surface area contributed by atoms with Crippen LogP contribution in [0.1, 0.15) is 28.2 Å². The second-order valence-electron chi connectivity index (χ2n) is 6.54. The molecule has 1 aliphatic heterocycles. The van der Waals surface area contributed by atoms with Crippen LogP contribution >= 0.6 is 23.5 Å². The van der Waals surface area contributed by atoms with Crippen molar-refractivity contribution in [3.8, 4) is 0 Å². The average Bonchev–Trinajstić information content (AvgIpc) is 3.05. The number of rotatable bonds is 3. The van der Waals surface area contributed by atoms with Gasteiger partial charge in [-0.2, -0.15) is 4.40 Å². The van der Waals surface area contributed by atoms with Crippen molar-refractivity contribution in [3.63, 3.8) is 0 Å². The molecule has 0 aliphatic carbocycles. The van der Waals surface area contributed by atoms with E-state index < -0.39 is 0 Å². The Morgan fingerprint density at radius 2 is 2.00 bits per heavy atom. The minimum absolute atomic E-state index is 0.106. The molecule has 25 heavy (non-hydrogen) atoms. The van der Waals surface area contributed by atoms with E-state index in [1.807, 2.05) is 47.9 Å². The lowest BCUT2D eigenvalue weighted by Crippen LogP contribution is -2.41. The first-order chi connectivity index (χ1) is 12.1. The monoisotopic (exact) mass is 369 g/mol. The average molecular weight is 370 g/mol. The summed E-state index contributed by atoms with van der Waals surface area (Å²) in [6.45, 7) is 5.09. The Kier molecular flexibility index (Phi) is 4.61. The number of fused-ring (bicyclic) bond motifs is 1. The minimum atomic E-state index is 0.106. The first kappa shape index (κ1) is 16.7. The lowest BCUT2D eigenvalue weighted by atomic mass is 10.1. The number of pyridine rings is 1. The molecule has 4 rings (SSSR count). The maximum atomic E-state index is 13.0. The highest BCUT2D eigenvalue weighted by Crippen LogP contribution is 2.47. The third-order valence-corrected chi connectivity index (χ3v) is 7.79. The van der Waals surface area contributed by atoms with Crippen molar-refractivity contribution in [1.29, 1.82) is 0 Å². The second-order valence-corrected chi connectivity index (χ2v) is 9.53. The Labute approximate surface area is 156 Å². The van der Waals surface area contributed by atoms with Crippen molar-refractivity contribution in [2.45, 2.75) is 30.2 Å². The molecule has 5 heteroatoms. The summed E-state index contributed by atoms with van der Waals surface area (Å²) in [5.74, 6) is 1.10. The molecule has 1 aliphatic rings. The lowest BCUT2D eigenvalue weighted by Gasteiger charge is -2.10. The Balaban J connectivity index is 1.83. The molecule has 1 aromatic carbocycles. The highest BCUT2D eigenvalue weighted by molar-refractivity contribution is 8.19. The summed E-state index contributed by atoms with van der Waals surface area (Å²) in [6, 6.07) is 14.5. The quantitative estimate of drug-likeness (QED) is 0.657. The van der Waals surface area contributed by atoms with Gasteiger partial charge in [0.1, 0.15) is 18.3 Å². The maximum absolute atomic E-state index is 13.0. The first-order valence-electron chi connectivity index (χ1n) is 8.48. The number of hydrogen-bond donors (Lipinski definition) is 0. The zero-order chi connectivity index (χ0) is 17.4. The zero-order valence-electron chi connectivity index (χ0n) is 14.4. The molecule has 1 saturated heterocycles. The van der Waals surface area contributed by atoms with E-state index in [-0.39, 0.29) is 10.1 Å². The molecule has 3 heterocycles. The van der Waals surface area contributed by atoms with E-state index in [1.54, 1.807) is 4.40 Å². The highest BCUT2D eigenvalue weighted by Gasteiger charge is 2.30. The predicted molar refractivity (Wildman–Crippen MR) is 106 cm³/mol. The summed E-state index contributed by atoms with van der Waals surface area (Å²) in [4.78, 5) is 13.0. The molecule has 0 amide bonds. The van der Waals surface area contributed by atoms with Gasteiger partial charge in [-0.15, -0.1) is 23.5 Å². The van der Waals surface area contributed by atoms with E-state index in [2.05, 4.69) is 48.9 Å². The van der Waals surface area contributed by atoms with Gasteiger partial charge in [-0.1, -0.05) is 42.8 Å². The molecule has 3 aromatic rings. The molecule has 2 unspecified atom stereocenters. The minimum Gasteiger partial charge on any atom is -0.240 e. The summed E-state index contributed by atoms with van der Waals surface area (Å²) in [5, 5.41) is 0.594. The molecule has 2 aromatic heterocycles. The van der Waals surface area contributed by atoms with Gasteiger partial charge in [0.25, 0.3) is 5.65 Å². The van der Waals surface area contributed by atoms with Gasteiger partial charge in [0.2, 0.25) is 0 Å². The van der Waals surface area contributed by atoms with Gasteiger partial charge < -0.3 is 0 Å². The predicted octanol–water partition coefficient (Wildman–Crippen LogP) is 3.81. The summed E-state index contributed by atoms with van der Waals surface area (Å²) in [5.41, 5.74) is 4.44. The fourth-order valence-electron chi connectivity index (χ4n) is 3.12. The van der Waals surface area contributed by atoms with Crippen LogP contribution in [-0.4, -0.2) is 15.4 Å². The molecular weight excluding hydrogens is 348 g/mol. The van der Waals surface area contributed by atoms with Crippen molar-refractivity contribution in [2.75, 3.05) is 5.75 Å². The van der Waals surface area contributed by atoms with E-state index in [4.69, 9.17) is 0 Å². The fraction of sp³-hybridized carbons (Fsp3) is 0.300. The second kappa shape index (κ2) is 6.89. The van der Waals surface area contributed by atoms with Crippen LogP contribution in [0.3, 0.4) is 0 Å². The van der Waals surface area contributed by atoms with E-state index >= 15 is 0 Å². The topological polar surface area (TPSA) is 25.4 Å². The molecular formula is C20H21N2OS2+. The normalized spacial score (nSPS) is 20.2. The van der Waals surface area contributed by atoms with Crippen LogP contribution in [0, 0.1) is 6.92 Å². The number of hydrogen-bond acceptors (Lipinski definition) is 3. The summed E-state index contributed by atoms with van der Waals surface area (Å²) in [6.07, 6.45) is 3.95. The number of benzene rings is 1. The van der Waals surface area contributed by atoms with Gasteiger partial charge in [0.05, 0.1) is 10.8 Å². The van der Waals surface area contributed by atoms with Crippen molar-refractivity contribution in [2.24, 2.45) is 0 Å². The van der Waals surface area contributed by atoms with Gasteiger partial charge in [-0.05, 0) is 18.6 Å². The molecule has 2 atom stereocenters. The van der Waals surface area contributed by atoms with Gasteiger partial charge in [-0.25, -0.2) is 9.36 Å². The molecule has 0 bridgehead atoms. The third kappa shape index (κ3) is 3.35. The smallest absolute Gasteiger partial charge is 0.240 e. The van der Waals surface area contributed by atoms with Gasteiger partial charge in [0, 0.05) is 17.1 Å². The van der Waals surface area contributed by atoms with Crippen molar-refractivity contribution in [1.82, 2.24) is 4.40 Å². The van der Waals surface area contributed by atoms with Crippen molar-refractivity contribution in [3.05, 3.63) is 81.9 Å². The first-order valence-corrected chi connectivity index (χ1v) is 10.5. The Morgan fingerprint density at radius 1 is 1.20 bits per heavy atom. The Bertz CT molecular complexity index is 966. The van der Waals surface area contributed by atoms with Crippen molar-refractivity contribution >= 4 is 29.2 Å². The molecule has 128 valence electrons. The maximum Gasteiger partial charge on any atom is 0.347 e. The van der Waals surface area contributed by atoms with Crippen LogP contribution in [0.2, 0.25) is 0 Å². The van der Waals surface area contributed by atoms with E-state index in [9.17, 15) is 4.79 Å². The lowest BCUT2D eigenvalue weighted by molar-refractivity contribution is -0.666. The van der Waals surface area contributed by atoms with Crippen LogP contribution in [0.5, 0.6) is 0 Å². The Morgan fingerprint density at radius 3 is 2.72 bits per heavy atom. The third-order valence-electron chi connectivity index (χ3n) is 4.46. The SMILES string of the molecule is Cc1ccc(C[n+]2cc(C3SCC(C)S3)c(=O)n3ccccc32)cc1. The number of aromatic nitrogens is 2. The number of nitrogens with zero attached hydrogens (tertiary/aromatic N) is 2. The fourth-order valence-corrected chi connectivity index (χ4v) is 6.31. The highest BCUT2D eigenvalue weighted by atomic mass is 32.2. The number of thioether (sulfide) groups is 2. The summed E-state index contributed by atoms with van der Waals surface area (Å²) >= 11 is 3.77. The van der Waals surface area contributed by atoms with Crippen LogP contribution in [0.15, 0.2) is 59.7 Å². The zero-order valence-corrected chi connectivity index (χ0v) is 16.0. The standard InChI is InChI=1S/C20H21N2OS2/c1-14-6-8-16(9-7-14)11-21-12-17(20-24-13-15(2)25-20)19(23)22-10-4-3-5-18(21)22/h3-10,12,15,20H,11,13H2,1-2H3/q+1. The molecule has 0 spiro atoms. The molecule has 0 saturated carbocycles. The van der Waals surface area contributed by atoms with Crippen LogP contribution in [0.25, 0.3) is 5.65 Å². The van der Waals surface area contributed by atoms with Crippen molar-refractivity contribution < 1.29 is 4.57 Å². The van der Waals surface area contributed by atoms with E-state index in [1.165, 1.54) is 11.1 Å². The molecule has 0 radical (unpaired) electrons. The summed E-state index contributed by atoms with van der Waals surface area (Å²) in [7, 11) is 0.